The number of sulfone groups is 1. The maximum absolute atomic E-state index is 12.4. The standard InChI is InChI=1S/C15H19ClN2O3S/c16-13-3-1-2-4-14(13)17-6-8-18(9-7-17)15(19)12-5-10-22(20,21)11-12/h1-4,12H,5-11H2/t12-/m0/s1. The van der Waals surface area contributed by atoms with E-state index in [9.17, 15) is 13.2 Å². The maximum atomic E-state index is 12.4. The van der Waals surface area contributed by atoms with Gasteiger partial charge >= 0.3 is 0 Å². The Balaban J connectivity index is 1.60. The van der Waals surface area contributed by atoms with Crippen LogP contribution < -0.4 is 4.90 Å². The summed E-state index contributed by atoms with van der Waals surface area (Å²) in [5, 5.41) is 0.712. The summed E-state index contributed by atoms with van der Waals surface area (Å²) in [7, 11) is -3.01. The minimum Gasteiger partial charge on any atom is -0.367 e. The van der Waals surface area contributed by atoms with Crippen molar-refractivity contribution >= 4 is 33.0 Å². The van der Waals surface area contributed by atoms with Crippen molar-refractivity contribution in [2.75, 3.05) is 42.6 Å². The van der Waals surface area contributed by atoms with Gasteiger partial charge in [-0.05, 0) is 18.6 Å². The van der Waals surface area contributed by atoms with Gasteiger partial charge in [0, 0.05) is 26.2 Å². The van der Waals surface area contributed by atoms with E-state index in [1.807, 2.05) is 24.3 Å². The van der Waals surface area contributed by atoms with Crippen LogP contribution in [-0.4, -0.2) is 56.9 Å². The fraction of sp³-hybridized carbons (Fsp3) is 0.533. The smallest absolute Gasteiger partial charge is 0.226 e. The molecule has 2 heterocycles. The summed E-state index contributed by atoms with van der Waals surface area (Å²) in [4.78, 5) is 16.4. The lowest BCUT2D eigenvalue weighted by Gasteiger charge is -2.37. The topological polar surface area (TPSA) is 57.7 Å². The molecule has 2 aliphatic rings. The van der Waals surface area contributed by atoms with Crippen molar-refractivity contribution < 1.29 is 13.2 Å². The normalized spacial score (nSPS) is 24.5. The highest BCUT2D eigenvalue weighted by Crippen LogP contribution is 2.27. The summed E-state index contributed by atoms with van der Waals surface area (Å²) in [6, 6.07) is 7.68. The molecule has 0 aliphatic carbocycles. The van der Waals surface area contributed by atoms with Crippen LogP contribution in [0.5, 0.6) is 0 Å². The Bertz CT molecular complexity index is 669. The van der Waals surface area contributed by atoms with Gasteiger partial charge in [-0.25, -0.2) is 8.42 Å². The number of amides is 1. The fourth-order valence-electron chi connectivity index (χ4n) is 3.12. The summed E-state index contributed by atoms with van der Waals surface area (Å²) in [6.45, 7) is 2.66. The van der Waals surface area contributed by atoms with Crippen molar-refractivity contribution in [1.29, 1.82) is 0 Å². The first kappa shape index (κ1) is 15.6. The van der Waals surface area contributed by atoms with Crippen LogP contribution >= 0.6 is 11.6 Å². The van der Waals surface area contributed by atoms with Crippen molar-refractivity contribution in [2.24, 2.45) is 5.92 Å². The zero-order chi connectivity index (χ0) is 15.7. The Labute approximate surface area is 135 Å². The largest absolute Gasteiger partial charge is 0.367 e. The molecule has 0 radical (unpaired) electrons. The molecule has 5 nitrogen and oxygen atoms in total. The van der Waals surface area contributed by atoms with Crippen LogP contribution in [-0.2, 0) is 14.6 Å². The number of piperazine rings is 1. The second-order valence-corrected chi connectivity index (χ2v) is 8.50. The molecule has 3 rings (SSSR count). The third kappa shape index (κ3) is 3.22. The number of rotatable bonds is 2. The molecule has 0 saturated carbocycles. The number of hydrogen-bond acceptors (Lipinski definition) is 4. The van der Waals surface area contributed by atoms with Crippen LogP contribution in [0.1, 0.15) is 6.42 Å². The van der Waals surface area contributed by atoms with Crippen LogP contribution in [0.3, 0.4) is 0 Å². The van der Waals surface area contributed by atoms with E-state index in [1.54, 1.807) is 4.90 Å². The number of hydrogen-bond donors (Lipinski definition) is 0. The molecule has 120 valence electrons. The Morgan fingerprint density at radius 2 is 1.82 bits per heavy atom. The van der Waals surface area contributed by atoms with E-state index in [0.717, 1.165) is 18.8 Å². The minimum absolute atomic E-state index is 0.0105. The van der Waals surface area contributed by atoms with Crippen LogP contribution in [0.25, 0.3) is 0 Å². The predicted octanol–water partition coefficient (Wildman–Crippen LogP) is 1.42. The highest BCUT2D eigenvalue weighted by atomic mass is 35.5. The molecular formula is C15H19ClN2O3S. The lowest BCUT2D eigenvalue weighted by Crippen LogP contribution is -2.50. The number of benzene rings is 1. The van der Waals surface area contributed by atoms with Gasteiger partial charge < -0.3 is 9.80 Å². The molecule has 2 fully saturated rings. The summed E-state index contributed by atoms with van der Waals surface area (Å²) < 4.78 is 23.0. The number of halogens is 1. The van der Waals surface area contributed by atoms with Crippen molar-refractivity contribution in [3.05, 3.63) is 29.3 Å². The zero-order valence-corrected chi connectivity index (χ0v) is 13.8. The van der Waals surface area contributed by atoms with Gasteiger partial charge in [-0.3, -0.25) is 4.79 Å². The number of nitrogens with zero attached hydrogens (tertiary/aromatic N) is 2. The molecule has 0 spiro atoms. The molecule has 1 amide bonds. The van der Waals surface area contributed by atoms with Gasteiger partial charge in [0.1, 0.15) is 0 Å². The Hall–Kier alpha value is -1.27. The quantitative estimate of drug-likeness (QED) is 0.815. The number of anilines is 1. The summed E-state index contributed by atoms with van der Waals surface area (Å²) >= 11 is 6.20. The third-order valence-electron chi connectivity index (χ3n) is 4.37. The lowest BCUT2D eigenvalue weighted by molar-refractivity contribution is -0.135. The average molecular weight is 343 g/mol. The highest BCUT2D eigenvalue weighted by molar-refractivity contribution is 7.91. The molecule has 7 heteroatoms. The van der Waals surface area contributed by atoms with Gasteiger partial charge in [0.05, 0.1) is 28.1 Å². The summed E-state index contributed by atoms with van der Waals surface area (Å²) in [5.74, 6) is -0.212. The molecule has 22 heavy (non-hydrogen) atoms. The van der Waals surface area contributed by atoms with Gasteiger partial charge in [-0.1, -0.05) is 23.7 Å². The van der Waals surface area contributed by atoms with E-state index in [4.69, 9.17) is 11.6 Å². The molecule has 0 unspecified atom stereocenters. The fourth-order valence-corrected chi connectivity index (χ4v) is 5.11. The molecule has 2 aliphatic heterocycles. The van der Waals surface area contributed by atoms with E-state index in [-0.39, 0.29) is 23.3 Å². The van der Waals surface area contributed by atoms with Crippen LogP contribution in [0.2, 0.25) is 5.02 Å². The van der Waals surface area contributed by atoms with E-state index >= 15 is 0 Å². The van der Waals surface area contributed by atoms with Crippen LogP contribution in [0.4, 0.5) is 5.69 Å². The highest BCUT2D eigenvalue weighted by Gasteiger charge is 2.36. The number of carbonyl (C=O) groups is 1. The van der Waals surface area contributed by atoms with Crippen molar-refractivity contribution in [2.45, 2.75) is 6.42 Å². The molecule has 2 saturated heterocycles. The van der Waals surface area contributed by atoms with Gasteiger partial charge in [-0.15, -0.1) is 0 Å². The summed E-state index contributed by atoms with van der Waals surface area (Å²) in [5.41, 5.74) is 0.986. The third-order valence-corrected chi connectivity index (χ3v) is 6.45. The van der Waals surface area contributed by atoms with Crippen molar-refractivity contribution in [1.82, 2.24) is 4.90 Å². The second-order valence-electron chi connectivity index (χ2n) is 5.86. The van der Waals surface area contributed by atoms with Crippen LogP contribution in [0, 0.1) is 5.92 Å². The van der Waals surface area contributed by atoms with E-state index in [0.29, 0.717) is 24.5 Å². The number of carbonyl (C=O) groups excluding carboxylic acids is 1. The Kier molecular flexibility index (Phi) is 4.32. The van der Waals surface area contributed by atoms with E-state index in [2.05, 4.69) is 4.90 Å². The molecule has 0 bridgehead atoms. The first-order valence-corrected chi connectivity index (χ1v) is 9.65. The van der Waals surface area contributed by atoms with Gasteiger partial charge in [0.15, 0.2) is 9.84 Å². The maximum Gasteiger partial charge on any atom is 0.226 e. The molecular weight excluding hydrogens is 324 g/mol. The average Bonchev–Trinajstić information content (AvgIpc) is 2.87. The van der Waals surface area contributed by atoms with Crippen molar-refractivity contribution in [3.8, 4) is 0 Å². The molecule has 1 aromatic carbocycles. The predicted molar refractivity (Wildman–Crippen MR) is 87.0 cm³/mol. The zero-order valence-electron chi connectivity index (χ0n) is 12.2. The molecule has 1 atom stereocenters. The Morgan fingerprint density at radius 1 is 1.14 bits per heavy atom. The van der Waals surface area contributed by atoms with E-state index < -0.39 is 9.84 Å². The monoisotopic (exact) mass is 342 g/mol. The van der Waals surface area contributed by atoms with E-state index in [1.165, 1.54) is 0 Å². The van der Waals surface area contributed by atoms with Gasteiger partial charge in [0.2, 0.25) is 5.91 Å². The van der Waals surface area contributed by atoms with Gasteiger partial charge in [0.25, 0.3) is 0 Å². The molecule has 0 aromatic heterocycles. The molecule has 1 aromatic rings. The SMILES string of the molecule is O=C([C@H]1CCS(=O)(=O)C1)N1CCN(c2ccccc2Cl)CC1. The van der Waals surface area contributed by atoms with Crippen LogP contribution in [0.15, 0.2) is 24.3 Å². The second kappa shape index (κ2) is 6.08. The molecule has 0 N–H and O–H groups in total. The first-order valence-electron chi connectivity index (χ1n) is 7.45. The summed E-state index contributed by atoms with van der Waals surface area (Å²) in [6.07, 6.45) is 0.464. The van der Waals surface area contributed by atoms with Gasteiger partial charge in [-0.2, -0.15) is 0 Å². The Morgan fingerprint density at radius 3 is 2.41 bits per heavy atom. The number of para-hydroxylation sites is 1. The lowest BCUT2D eigenvalue weighted by atomic mass is 10.1. The first-order chi connectivity index (χ1) is 10.5. The minimum atomic E-state index is -3.01. The van der Waals surface area contributed by atoms with Crippen molar-refractivity contribution in [3.63, 3.8) is 0 Å².